The first-order valence-electron chi connectivity index (χ1n) is 4.86. The Bertz CT molecular complexity index is 386. The second-order valence-corrected chi connectivity index (χ2v) is 5.93. The molecule has 1 unspecified atom stereocenters. The second-order valence-electron chi connectivity index (χ2n) is 3.48. The number of hydrogen-bond acceptors (Lipinski definition) is 1. The van der Waals surface area contributed by atoms with E-state index in [9.17, 15) is 4.79 Å². The maximum atomic E-state index is 11.9. The molecule has 0 aromatic heterocycles. The highest BCUT2D eigenvalue weighted by Gasteiger charge is 2.12. The van der Waals surface area contributed by atoms with Crippen LogP contribution in [0.25, 0.3) is 0 Å². The zero-order chi connectivity index (χ0) is 12.1. The third kappa shape index (κ3) is 4.22. The summed E-state index contributed by atoms with van der Waals surface area (Å²) in [7, 11) is 0. The van der Waals surface area contributed by atoms with Crippen molar-refractivity contribution in [2.24, 2.45) is 0 Å². The molecule has 16 heavy (non-hydrogen) atoms. The average molecular weight is 416 g/mol. The van der Waals surface area contributed by atoms with E-state index in [1.54, 1.807) is 0 Å². The van der Waals surface area contributed by atoms with Crippen LogP contribution in [0.5, 0.6) is 0 Å². The van der Waals surface area contributed by atoms with Crippen LogP contribution in [-0.2, 0) is 0 Å². The Labute approximate surface area is 122 Å². The fourth-order valence-corrected chi connectivity index (χ4v) is 2.48. The number of benzene rings is 1. The van der Waals surface area contributed by atoms with Gasteiger partial charge in [0, 0.05) is 20.0 Å². The molecule has 0 radical (unpaired) electrons. The maximum absolute atomic E-state index is 11.9. The molecule has 1 atom stereocenters. The number of amides is 1. The maximum Gasteiger partial charge on any atom is 0.252 e. The van der Waals surface area contributed by atoms with Crippen LogP contribution in [0.4, 0.5) is 0 Å². The Morgan fingerprint density at radius 1 is 1.62 bits per heavy atom. The first-order valence-corrected chi connectivity index (χ1v) is 7.27. The summed E-state index contributed by atoms with van der Waals surface area (Å²) in [6.07, 6.45) is 0.776. The molecule has 1 N–H and O–H groups in total. The van der Waals surface area contributed by atoms with Crippen LogP contribution >= 0.6 is 50.1 Å². The summed E-state index contributed by atoms with van der Waals surface area (Å²) in [5.74, 6) is 0.500. The molecule has 0 heterocycles. The van der Waals surface area contributed by atoms with E-state index in [0.29, 0.717) is 11.4 Å². The molecule has 0 aliphatic carbocycles. The summed E-state index contributed by atoms with van der Waals surface area (Å²) in [4.78, 5) is 11.9. The van der Waals surface area contributed by atoms with Gasteiger partial charge < -0.3 is 5.32 Å². The van der Waals surface area contributed by atoms with Gasteiger partial charge >= 0.3 is 0 Å². The van der Waals surface area contributed by atoms with E-state index in [1.807, 2.05) is 25.1 Å². The predicted octanol–water partition coefficient (Wildman–Crippen LogP) is 3.80. The average Bonchev–Trinajstić information content (AvgIpc) is 2.21. The molecule has 0 saturated carbocycles. The lowest BCUT2D eigenvalue weighted by atomic mass is 10.2. The lowest BCUT2D eigenvalue weighted by Crippen LogP contribution is -2.33. The molecule has 0 saturated heterocycles. The van der Waals surface area contributed by atoms with E-state index < -0.39 is 0 Å². The van der Waals surface area contributed by atoms with Gasteiger partial charge in [0.2, 0.25) is 0 Å². The van der Waals surface area contributed by atoms with Gasteiger partial charge in [0.05, 0.1) is 5.56 Å². The Balaban J connectivity index is 2.76. The highest BCUT2D eigenvalue weighted by molar-refractivity contribution is 14.1. The number of carbonyl (C=O) groups excluding carboxylic acids is 1. The van der Waals surface area contributed by atoms with Gasteiger partial charge in [-0.25, -0.2) is 0 Å². The van der Waals surface area contributed by atoms with Gasteiger partial charge in [-0.2, -0.15) is 0 Å². The van der Waals surface area contributed by atoms with Gasteiger partial charge in [0.1, 0.15) is 0 Å². The Hall–Kier alpha value is 0.190. The molecule has 0 aliphatic heterocycles. The fraction of sp³-hybridized carbons (Fsp3) is 0.364. The lowest BCUT2D eigenvalue weighted by Gasteiger charge is -2.13. The molecule has 0 fully saturated rings. The Kier molecular flexibility index (Phi) is 6.07. The monoisotopic (exact) mass is 415 g/mol. The number of hydrogen-bond donors (Lipinski definition) is 1. The molecule has 1 aromatic carbocycles. The smallest absolute Gasteiger partial charge is 0.252 e. The Morgan fingerprint density at radius 3 is 2.94 bits per heavy atom. The van der Waals surface area contributed by atoms with Crippen LogP contribution in [0, 0.1) is 3.57 Å². The topological polar surface area (TPSA) is 29.1 Å². The SMILES string of the molecule is CC(CCCl)NC(=O)c1cc(Br)ccc1I. The van der Waals surface area contributed by atoms with E-state index >= 15 is 0 Å². The normalized spacial score (nSPS) is 12.2. The number of nitrogens with one attached hydrogen (secondary N) is 1. The van der Waals surface area contributed by atoms with Crippen LogP contribution in [0.15, 0.2) is 22.7 Å². The molecule has 2 nitrogen and oxygen atoms in total. The standard InChI is InChI=1S/C11H12BrClINO/c1-7(4-5-13)15-11(16)9-6-8(12)2-3-10(9)14/h2-3,6-7H,4-5H2,1H3,(H,15,16). The van der Waals surface area contributed by atoms with Gasteiger partial charge in [-0.05, 0) is 54.1 Å². The molecule has 88 valence electrons. The predicted molar refractivity (Wildman–Crippen MR) is 79.1 cm³/mol. The van der Waals surface area contributed by atoms with Crippen molar-refractivity contribution >= 4 is 56.0 Å². The molecule has 0 bridgehead atoms. The number of rotatable bonds is 4. The summed E-state index contributed by atoms with van der Waals surface area (Å²) in [5.41, 5.74) is 0.691. The fourth-order valence-electron chi connectivity index (χ4n) is 1.21. The van der Waals surface area contributed by atoms with Crippen LogP contribution in [0.3, 0.4) is 0 Å². The van der Waals surface area contributed by atoms with E-state index in [-0.39, 0.29) is 11.9 Å². The molecule has 0 spiro atoms. The first kappa shape index (κ1) is 14.3. The minimum atomic E-state index is -0.0525. The largest absolute Gasteiger partial charge is 0.350 e. The van der Waals surface area contributed by atoms with E-state index in [1.165, 1.54) is 0 Å². The quantitative estimate of drug-likeness (QED) is 0.587. The summed E-state index contributed by atoms with van der Waals surface area (Å²) in [5, 5.41) is 2.92. The van der Waals surface area contributed by atoms with E-state index in [2.05, 4.69) is 43.8 Å². The first-order chi connectivity index (χ1) is 7.54. The van der Waals surface area contributed by atoms with Crippen molar-refractivity contribution in [3.63, 3.8) is 0 Å². The van der Waals surface area contributed by atoms with Crippen molar-refractivity contribution in [3.8, 4) is 0 Å². The summed E-state index contributed by atoms with van der Waals surface area (Å²) < 4.78 is 1.85. The highest BCUT2D eigenvalue weighted by Crippen LogP contribution is 2.18. The van der Waals surface area contributed by atoms with E-state index in [4.69, 9.17) is 11.6 Å². The zero-order valence-corrected chi connectivity index (χ0v) is 13.3. The molecule has 1 rings (SSSR count). The van der Waals surface area contributed by atoms with Crippen molar-refractivity contribution in [1.82, 2.24) is 5.32 Å². The van der Waals surface area contributed by atoms with Gasteiger partial charge in [0.15, 0.2) is 0 Å². The van der Waals surface area contributed by atoms with Crippen molar-refractivity contribution in [3.05, 3.63) is 31.8 Å². The molecular weight excluding hydrogens is 404 g/mol. The Morgan fingerprint density at radius 2 is 2.31 bits per heavy atom. The van der Waals surface area contributed by atoms with Gasteiger partial charge in [-0.3, -0.25) is 4.79 Å². The third-order valence-corrected chi connectivity index (χ3v) is 3.74. The van der Waals surface area contributed by atoms with Crippen LogP contribution in [0.1, 0.15) is 23.7 Å². The molecule has 1 aromatic rings. The molecule has 0 aliphatic rings. The van der Waals surface area contributed by atoms with E-state index in [0.717, 1.165) is 14.5 Å². The summed E-state index contributed by atoms with van der Waals surface area (Å²) in [6.45, 7) is 1.95. The zero-order valence-electron chi connectivity index (χ0n) is 8.77. The van der Waals surface area contributed by atoms with Crippen molar-refractivity contribution in [2.75, 3.05) is 5.88 Å². The minimum Gasteiger partial charge on any atom is -0.350 e. The van der Waals surface area contributed by atoms with Crippen LogP contribution in [-0.4, -0.2) is 17.8 Å². The molecule has 1 amide bonds. The third-order valence-electron chi connectivity index (χ3n) is 2.09. The van der Waals surface area contributed by atoms with Gasteiger partial charge in [0.25, 0.3) is 5.91 Å². The van der Waals surface area contributed by atoms with Crippen molar-refractivity contribution < 1.29 is 4.79 Å². The summed E-state index contributed by atoms with van der Waals surface area (Å²) >= 11 is 11.1. The van der Waals surface area contributed by atoms with Gasteiger partial charge in [-0.15, -0.1) is 11.6 Å². The lowest BCUT2D eigenvalue weighted by molar-refractivity contribution is 0.0938. The number of alkyl halides is 1. The van der Waals surface area contributed by atoms with Crippen molar-refractivity contribution in [2.45, 2.75) is 19.4 Å². The molecule has 5 heteroatoms. The minimum absolute atomic E-state index is 0.0525. The highest BCUT2D eigenvalue weighted by atomic mass is 127. The number of halogens is 3. The van der Waals surface area contributed by atoms with Crippen LogP contribution < -0.4 is 5.32 Å². The van der Waals surface area contributed by atoms with Gasteiger partial charge in [-0.1, -0.05) is 15.9 Å². The summed E-state index contributed by atoms with van der Waals surface area (Å²) in [6, 6.07) is 5.75. The molecular formula is C11H12BrClINO. The van der Waals surface area contributed by atoms with Crippen LogP contribution in [0.2, 0.25) is 0 Å². The second kappa shape index (κ2) is 6.81. The van der Waals surface area contributed by atoms with Crippen molar-refractivity contribution in [1.29, 1.82) is 0 Å². The number of carbonyl (C=O) groups is 1.